The summed E-state index contributed by atoms with van der Waals surface area (Å²) in [5, 5.41) is 8.79. The molecule has 1 saturated carbocycles. The molecule has 102 valence electrons. The number of hydrogen-bond acceptors (Lipinski definition) is 2. The lowest BCUT2D eigenvalue weighted by Crippen LogP contribution is -2.40. The van der Waals surface area contributed by atoms with E-state index in [0.29, 0.717) is 0 Å². The van der Waals surface area contributed by atoms with E-state index >= 15 is 0 Å². The van der Waals surface area contributed by atoms with E-state index in [4.69, 9.17) is 10.8 Å². The Balaban J connectivity index is 0.00000180. The van der Waals surface area contributed by atoms with Crippen molar-refractivity contribution >= 4 is 18.4 Å². The van der Waals surface area contributed by atoms with Gasteiger partial charge in [0.25, 0.3) is 0 Å². The molecule has 0 aliphatic heterocycles. The number of carbonyl (C=O) groups is 1. The molecule has 2 rings (SSSR count). The van der Waals surface area contributed by atoms with Gasteiger partial charge in [-0.1, -0.05) is 31.1 Å². The summed E-state index contributed by atoms with van der Waals surface area (Å²) in [5.74, 6) is 5.28. The Hall–Kier alpha value is -1.50. The van der Waals surface area contributed by atoms with E-state index in [1.54, 1.807) is 24.3 Å². The van der Waals surface area contributed by atoms with Crippen molar-refractivity contribution in [2.45, 2.75) is 37.6 Å². The van der Waals surface area contributed by atoms with Crippen molar-refractivity contribution in [3.8, 4) is 11.8 Å². The molecule has 0 amide bonds. The van der Waals surface area contributed by atoms with Crippen molar-refractivity contribution in [3.63, 3.8) is 0 Å². The quantitative estimate of drug-likeness (QED) is 0.777. The van der Waals surface area contributed by atoms with Crippen LogP contribution in [0.3, 0.4) is 0 Å². The van der Waals surface area contributed by atoms with Crippen LogP contribution in [0.25, 0.3) is 0 Å². The van der Waals surface area contributed by atoms with Gasteiger partial charge in [0.1, 0.15) is 0 Å². The third-order valence-electron chi connectivity index (χ3n) is 3.33. The highest BCUT2D eigenvalue weighted by molar-refractivity contribution is 5.87. The molecule has 0 saturated heterocycles. The first-order valence-corrected chi connectivity index (χ1v) is 6.24. The molecule has 0 radical (unpaired) electrons. The van der Waals surface area contributed by atoms with Crippen molar-refractivity contribution in [1.82, 2.24) is 0 Å². The van der Waals surface area contributed by atoms with Crippen LogP contribution in [0.4, 0.5) is 0 Å². The van der Waals surface area contributed by atoms with Crippen molar-refractivity contribution in [3.05, 3.63) is 35.4 Å². The lowest BCUT2D eigenvalue weighted by atomic mass is 9.83. The third-order valence-corrected chi connectivity index (χ3v) is 3.33. The van der Waals surface area contributed by atoms with E-state index in [1.807, 2.05) is 0 Å². The number of aromatic carboxylic acids is 1. The monoisotopic (exact) mass is 279 g/mol. The zero-order valence-corrected chi connectivity index (χ0v) is 11.5. The Bertz CT molecular complexity index is 493. The molecule has 0 heterocycles. The smallest absolute Gasteiger partial charge is 0.335 e. The van der Waals surface area contributed by atoms with Gasteiger partial charge in [0.15, 0.2) is 0 Å². The summed E-state index contributed by atoms with van der Waals surface area (Å²) in [4.78, 5) is 10.7. The van der Waals surface area contributed by atoms with Gasteiger partial charge in [-0.3, -0.25) is 0 Å². The van der Waals surface area contributed by atoms with Gasteiger partial charge in [-0.2, -0.15) is 0 Å². The van der Waals surface area contributed by atoms with E-state index < -0.39 is 5.97 Å². The summed E-state index contributed by atoms with van der Waals surface area (Å²) in [6, 6.07) is 6.58. The van der Waals surface area contributed by atoms with Crippen LogP contribution < -0.4 is 5.73 Å². The first kappa shape index (κ1) is 15.6. The minimum atomic E-state index is -0.919. The van der Waals surface area contributed by atoms with Gasteiger partial charge in [-0.25, -0.2) is 4.79 Å². The molecule has 0 aromatic heterocycles. The fourth-order valence-corrected chi connectivity index (χ4v) is 2.20. The second kappa shape index (κ2) is 6.60. The van der Waals surface area contributed by atoms with Gasteiger partial charge in [-0.05, 0) is 37.1 Å². The average molecular weight is 280 g/mol. The van der Waals surface area contributed by atoms with Crippen LogP contribution in [-0.2, 0) is 0 Å². The Morgan fingerprint density at radius 2 is 1.74 bits per heavy atom. The molecular formula is C15H18ClNO2. The van der Waals surface area contributed by atoms with Crippen molar-refractivity contribution < 1.29 is 9.90 Å². The molecule has 3 nitrogen and oxygen atoms in total. The predicted octanol–water partition coefficient (Wildman–Crippen LogP) is 2.82. The molecule has 1 aromatic carbocycles. The van der Waals surface area contributed by atoms with E-state index in [0.717, 1.165) is 31.2 Å². The number of halogens is 1. The van der Waals surface area contributed by atoms with Crippen LogP contribution in [0.15, 0.2) is 24.3 Å². The fraction of sp³-hybridized carbons (Fsp3) is 0.400. The van der Waals surface area contributed by atoms with Crippen LogP contribution in [0.2, 0.25) is 0 Å². The zero-order chi connectivity index (χ0) is 13.0. The highest BCUT2D eigenvalue weighted by atomic mass is 35.5. The molecule has 0 atom stereocenters. The van der Waals surface area contributed by atoms with Gasteiger partial charge in [-0.15, -0.1) is 12.4 Å². The molecule has 19 heavy (non-hydrogen) atoms. The van der Waals surface area contributed by atoms with Crippen LogP contribution in [0, 0.1) is 11.8 Å². The average Bonchev–Trinajstić information content (AvgIpc) is 2.38. The Labute approximate surface area is 119 Å². The Morgan fingerprint density at radius 1 is 1.16 bits per heavy atom. The molecule has 1 aliphatic carbocycles. The first-order valence-electron chi connectivity index (χ1n) is 6.24. The SMILES string of the molecule is Cl.NC1(C#Cc2ccc(C(=O)O)cc2)CCCCC1. The van der Waals surface area contributed by atoms with Crippen LogP contribution in [0.1, 0.15) is 48.0 Å². The first-order chi connectivity index (χ1) is 8.59. The topological polar surface area (TPSA) is 63.3 Å². The van der Waals surface area contributed by atoms with Gasteiger partial charge in [0, 0.05) is 5.56 Å². The molecule has 4 heteroatoms. The van der Waals surface area contributed by atoms with Crippen molar-refractivity contribution in [2.75, 3.05) is 0 Å². The van der Waals surface area contributed by atoms with E-state index in [9.17, 15) is 4.79 Å². The molecule has 3 N–H and O–H groups in total. The highest BCUT2D eigenvalue weighted by Gasteiger charge is 2.24. The van der Waals surface area contributed by atoms with Crippen LogP contribution in [-0.4, -0.2) is 16.6 Å². The van der Waals surface area contributed by atoms with Gasteiger partial charge in [0.2, 0.25) is 0 Å². The van der Waals surface area contributed by atoms with Crippen LogP contribution in [0.5, 0.6) is 0 Å². The number of rotatable bonds is 1. The maximum absolute atomic E-state index is 10.7. The van der Waals surface area contributed by atoms with Gasteiger partial charge in [0.05, 0.1) is 11.1 Å². The Morgan fingerprint density at radius 3 is 2.26 bits per heavy atom. The second-order valence-corrected chi connectivity index (χ2v) is 4.85. The maximum Gasteiger partial charge on any atom is 0.335 e. The van der Waals surface area contributed by atoms with E-state index in [1.165, 1.54) is 6.42 Å². The van der Waals surface area contributed by atoms with Gasteiger partial charge >= 0.3 is 5.97 Å². The largest absolute Gasteiger partial charge is 0.478 e. The number of carboxylic acid groups (broad SMARTS) is 1. The standard InChI is InChI=1S/C15H17NO2.ClH/c16-15(9-2-1-3-10-15)11-8-12-4-6-13(7-5-12)14(17)18;/h4-7H,1-3,9-10,16H2,(H,17,18);1H. The van der Waals surface area contributed by atoms with E-state index in [2.05, 4.69) is 11.8 Å². The summed E-state index contributed by atoms with van der Waals surface area (Å²) in [7, 11) is 0. The number of carboxylic acids is 1. The summed E-state index contributed by atoms with van der Waals surface area (Å²) >= 11 is 0. The van der Waals surface area contributed by atoms with Crippen molar-refractivity contribution in [1.29, 1.82) is 0 Å². The number of nitrogens with two attached hydrogens (primary N) is 1. The Kier molecular flexibility index (Phi) is 5.41. The minimum absolute atomic E-state index is 0. The van der Waals surface area contributed by atoms with Gasteiger partial charge < -0.3 is 10.8 Å². The lowest BCUT2D eigenvalue weighted by molar-refractivity contribution is 0.0697. The summed E-state index contributed by atoms with van der Waals surface area (Å²) in [5.41, 5.74) is 6.95. The molecule has 1 aromatic rings. The molecule has 0 spiro atoms. The molecule has 1 aliphatic rings. The normalized spacial score (nSPS) is 16.7. The summed E-state index contributed by atoms with van der Waals surface area (Å²) in [6.45, 7) is 0. The molecule has 0 bridgehead atoms. The third kappa shape index (κ3) is 4.27. The summed E-state index contributed by atoms with van der Waals surface area (Å²) < 4.78 is 0. The van der Waals surface area contributed by atoms with Crippen LogP contribution >= 0.6 is 12.4 Å². The predicted molar refractivity (Wildman–Crippen MR) is 77.5 cm³/mol. The van der Waals surface area contributed by atoms with E-state index in [-0.39, 0.29) is 23.5 Å². The number of hydrogen-bond donors (Lipinski definition) is 2. The molecule has 0 unspecified atom stereocenters. The molecular weight excluding hydrogens is 262 g/mol. The summed E-state index contributed by atoms with van der Waals surface area (Å²) in [6.07, 6.45) is 5.43. The highest BCUT2D eigenvalue weighted by Crippen LogP contribution is 2.25. The maximum atomic E-state index is 10.7. The number of benzene rings is 1. The molecule has 1 fully saturated rings. The lowest BCUT2D eigenvalue weighted by Gasteiger charge is -2.27. The van der Waals surface area contributed by atoms with Crippen molar-refractivity contribution in [2.24, 2.45) is 5.73 Å². The minimum Gasteiger partial charge on any atom is -0.478 e. The fourth-order valence-electron chi connectivity index (χ4n) is 2.20. The second-order valence-electron chi connectivity index (χ2n) is 4.85. The zero-order valence-electron chi connectivity index (χ0n) is 10.7.